The van der Waals surface area contributed by atoms with Crippen LogP contribution in [0.25, 0.3) is 0 Å². The van der Waals surface area contributed by atoms with Gasteiger partial charge in [-0.15, -0.1) is 0 Å². The molecule has 80 valence electrons. The molecule has 0 spiro atoms. The number of rotatable bonds is 5. The largest absolute Gasteiger partial charge is 0.385 e. The summed E-state index contributed by atoms with van der Waals surface area (Å²) < 4.78 is 5.08. The number of hydrogen-bond acceptors (Lipinski definition) is 4. The quantitative estimate of drug-likeness (QED) is 0.789. The van der Waals surface area contributed by atoms with Gasteiger partial charge in [-0.3, -0.25) is 0 Å². The lowest BCUT2D eigenvalue weighted by Crippen LogP contribution is -1.99. The van der Waals surface area contributed by atoms with Crippen molar-refractivity contribution in [1.29, 1.82) is 0 Å². The van der Waals surface area contributed by atoms with Gasteiger partial charge in [-0.1, -0.05) is 32.3 Å². The van der Waals surface area contributed by atoms with Crippen molar-refractivity contribution >= 4 is 0 Å². The first kappa shape index (κ1) is 11.2. The van der Waals surface area contributed by atoms with E-state index in [2.05, 4.69) is 24.0 Å². The molecule has 0 aromatic carbocycles. The highest BCUT2D eigenvalue weighted by Crippen LogP contribution is 2.20. The predicted octanol–water partition coefficient (Wildman–Crippen LogP) is 2.42. The minimum absolute atomic E-state index is 0.283. The summed E-state index contributed by atoms with van der Waals surface area (Å²) in [5.41, 5.74) is 0. The number of hydrogen-bond donors (Lipinski definition) is 1. The van der Waals surface area contributed by atoms with Gasteiger partial charge in [0.05, 0.1) is 0 Å². The van der Waals surface area contributed by atoms with E-state index in [1.165, 1.54) is 0 Å². The highest BCUT2D eigenvalue weighted by molar-refractivity contribution is 4.94. The van der Waals surface area contributed by atoms with Gasteiger partial charge in [0.25, 0.3) is 0 Å². The smallest absolute Gasteiger partial charge is 0.229 e. The van der Waals surface area contributed by atoms with Gasteiger partial charge in [0.2, 0.25) is 5.89 Å². The van der Waals surface area contributed by atoms with Crippen molar-refractivity contribution in [2.24, 2.45) is 0 Å². The van der Waals surface area contributed by atoms with Gasteiger partial charge >= 0.3 is 0 Å². The Morgan fingerprint density at radius 1 is 1.43 bits per heavy atom. The summed E-state index contributed by atoms with van der Waals surface area (Å²) in [5.74, 6) is 1.32. The Labute approximate surface area is 84.3 Å². The molecule has 1 heterocycles. The van der Waals surface area contributed by atoms with Crippen LogP contribution in [0.3, 0.4) is 0 Å². The summed E-state index contributed by atoms with van der Waals surface area (Å²) in [4.78, 5) is 4.17. The second-order valence-corrected chi connectivity index (χ2v) is 3.60. The topological polar surface area (TPSA) is 59.2 Å². The predicted molar refractivity (Wildman–Crippen MR) is 52.9 cm³/mol. The third-order valence-electron chi connectivity index (χ3n) is 2.29. The van der Waals surface area contributed by atoms with E-state index in [4.69, 9.17) is 4.52 Å². The first-order chi connectivity index (χ1) is 6.69. The minimum atomic E-state index is -0.596. The van der Waals surface area contributed by atoms with Crippen molar-refractivity contribution in [3.8, 4) is 0 Å². The summed E-state index contributed by atoms with van der Waals surface area (Å²) in [6.07, 6.45) is 2.14. The van der Waals surface area contributed by atoms with Crippen molar-refractivity contribution < 1.29 is 9.63 Å². The summed E-state index contributed by atoms with van der Waals surface area (Å²) >= 11 is 0. The summed E-state index contributed by atoms with van der Waals surface area (Å²) in [7, 11) is 0. The fraction of sp³-hybridized carbons (Fsp3) is 0.800. The van der Waals surface area contributed by atoms with Crippen LogP contribution >= 0.6 is 0 Å². The lowest BCUT2D eigenvalue weighted by molar-refractivity contribution is 0.159. The number of aromatic nitrogens is 2. The highest BCUT2D eigenvalue weighted by atomic mass is 16.5. The van der Waals surface area contributed by atoms with Crippen LogP contribution in [0.15, 0.2) is 4.52 Å². The van der Waals surface area contributed by atoms with Crippen LogP contribution in [0.1, 0.15) is 63.8 Å². The molecule has 4 heteroatoms. The fourth-order valence-corrected chi connectivity index (χ4v) is 1.32. The van der Waals surface area contributed by atoms with Crippen LogP contribution in [0.2, 0.25) is 0 Å². The van der Waals surface area contributed by atoms with Gasteiger partial charge in [0.15, 0.2) is 5.82 Å². The zero-order valence-electron chi connectivity index (χ0n) is 9.03. The molecule has 0 radical (unpaired) electrons. The molecule has 0 aliphatic rings. The van der Waals surface area contributed by atoms with Crippen LogP contribution in [0.5, 0.6) is 0 Å². The first-order valence-corrected chi connectivity index (χ1v) is 5.20. The molecule has 0 bridgehead atoms. The van der Waals surface area contributed by atoms with Gasteiger partial charge in [-0.05, 0) is 12.8 Å². The van der Waals surface area contributed by atoms with Crippen LogP contribution < -0.4 is 0 Å². The average Bonchev–Trinajstić information content (AvgIpc) is 2.66. The summed E-state index contributed by atoms with van der Waals surface area (Å²) in [5, 5.41) is 13.2. The summed E-state index contributed by atoms with van der Waals surface area (Å²) in [6, 6.07) is 0. The number of nitrogens with zero attached hydrogens (tertiary/aromatic N) is 2. The molecule has 1 aromatic heterocycles. The molecule has 0 amide bonds. The highest BCUT2D eigenvalue weighted by Gasteiger charge is 2.17. The molecule has 1 rings (SSSR count). The lowest BCUT2D eigenvalue weighted by atomic mass is 10.1. The Morgan fingerprint density at radius 2 is 2.14 bits per heavy atom. The Bertz CT molecular complexity index is 273. The molecule has 2 atom stereocenters. The molecule has 2 unspecified atom stereocenters. The second kappa shape index (κ2) is 5.10. The Balaban J connectivity index is 2.67. The van der Waals surface area contributed by atoms with E-state index in [0.29, 0.717) is 18.1 Å². The lowest BCUT2D eigenvalue weighted by Gasteiger charge is -2.02. The average molecular weight is 198 g/mol. The molecular weight excluding hydrogens is 180 g/mol. The van der Waals surface area contributed by atoms with E-state index in [1.54, 1.807) is 0 Å². The third-order valence-corrected chi connectivity index (χ3v) is 2.29. The van der Waals surface area contributed by atoms with E-state index in [9.17, 15) is 5.11 Å². The van der Waals surface area contributed by atoms with Gasteiger partial charge in [0.1, 0.15) is 6.10 Å². The third kappa shape index (κ3) is 2.54. The number of aliphatic hydroxyl groups is 1. The first-order valence-electron chi connectivity index (χ1n) is 5.20. The minimum Gasteiger partial charge on any atom is -0.385 e. The van der Waals surface area contributed by atoms with Crippen LogP contribution in [0, 0.1) is 0 Å². The molecule has 1 N–H and O–H groups in total. The van der Waals surface area contributed by atoms with Crippen LogP contribution in [0.4, 0.5) is 0 Å². The molecule has 0 saturated carbocycles. The van der Waals surface area contributed by atoms with Gasteiger partial charge in [-0.2, -0.15) is 4.98 Å². The van der Waals surface area contributed by atoms with Gasteiger partial charge in [-0.25, -0.2) is 0 Å². The van der Waals surface area contributed by atoms with Gasteiger partial charge in [0, 0.05) is 5.92 Å². The second-order valence-electron chi connectivity index (χ2n) is 3.60. The van der Waals surface area contributed by atoms with Crippen LogP contribution in [-0.2, 0) is 0 Å². The molecule has 1 aromatic rings. The van der Waals surface area contributed by atoms with E-state index in [1.807, 2.05) is 6.92 Å². The van der Waals surface area contributed by atoms with E-state index in [0.717, 1.165) is 12.8 Å². The molecule has 14 heavy (non-hydrogen) atoms. The van der Waals surface area contributed by atoms with E-state index in [-0.39, 0.29) is 5.92 Å². The Morgan fingerprint density at radius 3 is 2.71 bits per heavy atom. The molecule has 4 nitrogen and oxygen atoms in total. The Hall–Kier alpha value is -0.900. The summed E-state index contributed by atoms with van der Waals surface area (Å²) in [6.45, 7) is 6.06. The Kier molecular flexibility index (Phi) is 4.07. The van der Waals surface area contributed by atoms with Crippen molar-refractivity contribution in [3.63, 3.8) is 0 Å². The standard InChI is InChI=1S/C10H18N2O2/c1-4-6-7(3)10-11-9(12-14-10)8(13)5-2/h7-8,13H,4-6H2,1-3H3. The zero-order chi connectivity index (χ0) is 10.6. The van der Waals surface area contributed by atoms with E-state index < -0.39 is 6.10 Å². The molecule has 0 fully saturated rings. The number of aliphatic hydroxyl groups excluding tert-OH is 1. The maximum absolute atomic E-state index is 9.47. The SMILES string of the molecule is CCCC(C)c1nc(C(O)CC)no1. The molecule has 0 aliphatic carbocycles. The van der Waals surface area contributed by atoms with Crippen molar-refractivity contribution in [3.05, 3.63) is 11.7 Å². The maximum atomic E-state index is 9.47. The van der Waals surface area contributed by atoms with Crippen molar-refractivity contribution in [2.75, 3.05) is 0 Å². The van der Waals surface area contributed by atoms with Gasteiger partial charge < -0.3 is 9.63 Å². The van der Waals surface area contributed by atoms with Crippen molar-refractivity contribution in [2.45, 2.75) is 52.1 Å². The monoisotopic (exact) mass is 198 g/mol. The molecule has 0 aliphatic heterocycles. The fourth-order valence-electron chi connectivity index (χ4n) is 1.32. The molecule has 0 saturated heterocycles. The van der Waals surface area contributed by atoms with Crippen molar-refractivity contribution in [1.82, 2.24) is 10.1 Å². The normalized spacial score (nSPS) is 15.4. The molecular formula is C10H18N2O2. The van der Waals surface area contributed by atoms with E-state index >= 15 is 0 Å². The maximum Gasteiger partial charge on any atom is 0.229 e. The zero-order valence-corrected chi connectivity index (χ0v) is 9.03. The van der Waals surface area contributed by atoms with Crippen LogP contribution in [-0.4, -0.2) is 15.2 Å².